The van der Waals surface area contributed by atoms with Gasteiger partial charge in [0.2, 0.25) is 0 Å². The molecule has 0 aromatic heterocycles. The van der Waals surface area contributed by atoms with Crippen molar-refractivity contribution >= 4 is 0 Å². The van der Waals surface area contributed by atoms with Crippen LogP contribution in [0, 0.1) is 5.92 Å². The van der Waals surface area contributed by atoms with E-state index in [1.807, 2.05) is 0 Å². The molecule has 2 atom stereocenters. The van der Waals surface area contributed by atoms with Gasteiger partial charge in [0.25, 0.3) is 0 Å². The number of hydrogen-bond donors (Lipinski definition) is 1. The second-order valence-electron chi connectivity index (χ2n) is 6.05. The van der Waals surface area contributed by atoms with E-state index in [0.717, 1.165) is 12.0 Å². The van der Waals surface area contributed by atoms with Crippen molar-refractivity contribution in [1.82, 2.24) is 4.90 Å². The molecule has 0 aliphatic heterocycles. The van der Waals surface area contributed by atoms with Crippen molar-refractivity contribution in [1.29, 1.82) is 0 Å². The summed E-state index contributed by atoms with van der Waals surface area (Å²) < 4.78 is 0. The fourth-order valence-electron chi connectivity index (χ4n) is 2.81. The van der Waals surface area contributed by atoms with Crippen LogP contribution in [-0.2, 0) is 0 Å². The lowest BCUT2D eigenvalue weighted by atomic mass is 10.00. The van der Waals surface area contributed by atoms with E-state index in [9.17, 15) is 0 Å². The average Bonchev–Trinajstić information content (AvgIpc) is 3.28. The monoisotopic (exact) mass is 244 g/mol. The van der Waals surface area contributed by atoms with Gasteiger partial charge in [-0.2, -0.15) is 0 Å². The molecule has 1 aromatic rings. The molecule has 0 radical (unpaired) electrons. The van der Waals surface area contributed by atoms with Crippen LogP contribution in [0.15, 0.2) is 30.3 Å². The molecule has 2 fully saturated rings. The van der Waals surface area contributed by atoms with Gasteiger partial charge in [-0.15, -0.1) is 0 Å². The van der Waals surface area contributed by atoms with E-state index in [4.69, 9.17) is 5.73 Å². The van der Waals surface area contributed by atoms with Gasteiger partial charge in [0, 0.05) is 24.7 Å². The summed E-state index contributed by atoms with van der Waals surface area (Å²) in [4.78, 5) is 2.68. The fourth-order valence-corrected chi connectivity index (χ4v) is 2.81. The van der Waals surface area contributed by atoms with Crippen LogP contribution >= 0.6 is 0 Å². The summed E-state index contributed by atoms with van der Waals surface area (Å²) in [5, 5.41) is 0. The number of nitrogens with zero attached hydrogens (tertiary/aromatic N) is 1. The summed E-state index contributed by atoms with van der Waals surface area (Å²) in [6, 6.07) is 12.0. The topological polar surface area (TPSA) is 29.3 Å². The van der Waals surface area contributed by atoms with Crippen molar-refractivity contribution in [3.63, 3.8) is 0 Å². The second-order valence-corrected chi connectivity index (χ2v) is 6.05. The molecule has 0 saturated heterocycles. The van der Waals surface area contributed by atoms with Crippen molar-refractivity contribution in [3.8, 4) is 0 Å². The third-order valence-corrected chi connectivity index (χ3v) is 4.41. The van der Waals surface area contributed by atoms with Gasteiger partial charge in [-0.25, -0.2) is 0 Å². The highest BCUT2D eigenvalue weighted by Crippen LogP contribution is 2.37. The molecule has 2 nitrogen and oxygen atoms in total. The van der Waals surface area contributed by atoms with Crippen molar-refractivity contribution in [2.24, 2.45) is 11.7 Å². The summed E-state index contributed by atoms with van der Waals surface area (Å²) in [5.41, 5.74) is 7.73. The van der Waals surface area contributed by atoms with E-state index >= 15 is 0 Å². The molecule has 1 aromatic carbocycles. The van der Waals surface area contributed by atoms with Crippen LogP contribution < -0.4 is 5.73 Å². The Balaban J connectivity index is 1.68. The molecular formula is C16H24N2. The normalized spacial score (nSPS) is 23.1. The molecule has 98 valence electrons. The summed E-state index contributed by atoms with van der Waals surface area (Å²) in [7, 11) is 0. The Labute approximate surface area is 110 Å². The summed E-state index contributed by atoms with van der Waals surface area (Å²) in [5.74, 6) is 0.955. The Bertz CT molecular complexity index is 381. The van der Waals surface area contributed by atoms with E-state index < -0.39 is 0 Å². The Kier molecular flexibility index (Phi) is 3.40. The molecule has 2 heteroatoms. The molecule has 18 heavy (non-hydrogen) atoms. The van der Waals surface area contributed by atoms with Gasteiger partial charge >= 0.3 is 0 Å². The minimum Gasteiger partial charge on any atom is -0.323 e. The first-order valence-corrected chi connectivity index (χ1v) is 7.32. The lowest BCUT2D eigenvalue weighted by Gasteiger charge is -2.33. The molecule has 2 aliphatic rings. The van der Waals surface area contributed by atoms with Gasteiger partial charge in [-0.1, -0.05) is 30.3 Å². The first-order valence-electron chi connectivity index (χ1n) is 7.32. The van der Waals surface area contributed by atoms with Crippen LogP contribution in [0.4, 0.5) is 0 Å². The van der Waals surface area contributed by atoms with Crippen LogP contribution in [0.3, 0.4) is 0 Å². The SMILES string of the molecule is CC(C(N)c1ccccc1)N(CC1CC1)C1CC1. The van der Waals surface area contributed by atoms with Gasteiger partial charge in [-0.3, -0.25) is 4.90 Å². The average molecular weight is 244 g/mol. The summed E-state index contributed by atoms with van der Waals surface area (Å²) in [6.45, 7) is 3.57. The zero-order valence-corrected chi connectivity index (χ0v) is 11.3. The standard InChI is InChI=1S/C16H24N2/c1-12(16(17)14-5-3-2-4-6-14)18(15-9-10-15)11-13-7-8-13/h2-6,12-13,15-16H,7-11,17H2,1H3. The molecule has 0 bridgehead atoms. The van der Waals surface area contributed by atoms with Crippen LogP contribution in [-0.4, -0.2) is 23.5 Å². The Hall–Kier alpha value is -0.860. The van der Waals surface area contributed by atoms with Gasteiger partial charge in [-0.05, 0) is 44.1 Å². The zero-order chi connectivity index (χ0) is 12.5. The Morgan fingerprint density at radius 3 is 2.39 bits per heavy atom. The molecule has 0 amide bonds. The van der Waals surface area contributed by atoms with Crippen molar-refractivity contribution in [2.45, 2.75) is 50.7 Å². The largest absolute Gasteiger partial charge is 0.323 e. The van der Waals surface area contributed by atoms with Gasteiger partial charge < -0.3 is 5.73 Å². The maximum atomic E-state index is 6.46. The maximum absolute atomic E-state index is 6.46. The van der Waals surface area contributed by atoms with Crippen molar-refractivity contribution < 1.29 is 0 Å². The predicted molar refractivity (Wildman–Crippen MR) is 75.3 cm³/mol. The van der Waals surface area contributed by atoms with E-state index in [1.165, 1.54) is 37.8 Å². The van der Waals surface area contributed by atoms with Gasteiger partial charge in [0.1, 0.15) is 0 Å². The molecular weight excluding hydrogens is 220 g/mol. The Morgan fingerprint density at radius 2 is 1.83 bits per heavy atom. The highest BCUT2D eigenvalue weighted by atomic mass is 15.2. The van der Waals surface area contributed by atoms with E-state index in [2.05, 4.69) is 42.2 Å². The van der Waals surface area contributed by atoms with Crippen molar-refractivity contribution in [2.75, 3.05) is 6.54 Å². The number of rotatable bonds is 6. The quantitative estimate of drug-likeness (QED) is 0.833. The second kappa shape index (κ2) is 5.02. The van der Waals surface area contributed by atoms with E-state index in [0.29, 0.717) is 6.04 Å². The Morgan fingerprint density at radius 1 is 1.17 bits per heavy atom. The lowest BCUT2D eigenvalue weighted by molar-refractivity contribution is 0.167. The minimum atomic E-state index is 0.144. The third-order valence-electron chi connectivity index (χ3n) is 4.41. The maximum Gasteiger partial charge on any atom is 0.0450 e. The molecule has 0 spiro atoms. The highest BCUT2D eigenvalue weighted by molar-refractivity contribution is 5.20. The number of benzene rings is 1. The molecule has 2 unspecified atom stereocenters. The number of nitrogens with two attached hydrogens (primary N) is 1. The molecule has 3 rings (SSSR count). The van der Waals surface area contributed by atoms with E-state index in [-0.39, 0.29) is 6.04 Å². The van der Waals surface area contributed by atoms with Gasteiger partial charge in [0.05, 0.1) is 0 Å². The third kappa shape index (κ3) is 2.76. The number of hydrogen-bond acceptors (Lipinski definition) is 2. The molecule has 2 aliphatic carbocycles. The fraction of sp³-hybridized carbons (Fsp3) is 0.625. The minimum absolute atomic E-state index is 0.144. The summed E-state index contributed by atoms with van der Waals surface area (Å²) in [6.07, 6.45) is 5.60. The summed E-state index contributed by atoms with van der Waals surface area (Å²) >= 11 is 0. The smallest absolute Gasteiger partial charge is 0.0450 e. The van der Waals surface area contributed by atoms with Crippen LogP contribution in [0.2, 0.25) is 0 Å². The molecule has 0 heterocycles. The van der Waals surface area contributed by atoms with Crippen LogP contribution in [0.1, 0.15) is 44.2 Å². The first-order chi connectivity index (χ1) is 8.75. The molecule has 2 N–H and O–H groups in total. The zero-order valence-electron chi connectivity index (χ0n) is 11.3. The van der Waals surface area contributed by atoms with Crippen LogP contribution in [0.5, 0.6) is 0 Å². The van der Waals surface area contributed by atoms with Crippen molar-refractivity contribution in [3.05, 3.63) is 35.9 Å². The first kappa shape index (κ1) is 12.2. The predicted octanol–water partition coefficient (Wildman–Crippen LogP) is 2.95. The van der Waals surface area contributed by atoms with Gasteiger partial charge in [0.15, 0.2) is 0 Å². The highest BCUT2D eigenvalue weighted by Gasteiger charge is 2.37. The lowest BCUT2D eigenvalue weighted by Crippen LogP contribution is -2.43. The molecule has 2 saturated carbocycles. The van der Waals surface area contributed by atoms with E-state index in [1.54, 1.807) is 0 Å². The van der Waals surface area contributed by atoms with Crippen LogP contribution in [0.25, 0.3) is 0 Å².